The van der Waals surface area contributed by atoms with Crippen molar-refractivity contribution in [2.24, 2.45) is 16.3 Å². The third kappa shape index (κ3) is 4.81. The van der Waals surface area contributed by atoms with E-state index in [0.717, 1.165) is 43.6 Å². The second kappa shape index (κ2) is 9.46. The van der Waals surface area contributed by atoms with Crippen molar-refractivity contribution in [2.75, 3.05) is 24.5 Å². The standard InChI is InChI=1S/C22H32N4O.HI/c1-2-23-21(25-16-22(12-4-13-22)18-8-9-18)24-15-17-6-10-19(11-7-17)26-14-3-5-20(26)27;/h6-7,10-11,18H,2-5,8-9,12-16H2,1H3,(H2,23,24,25);1H. The van der Waals surface area contributed by atoms with Crippen LogP contribution < -0.4 is 15.5 Å². The van der Waals surface area contributed by atoms with Crippen LogP contribution in [0.5, 0.6) is 0 Å². The smallest absolute Gasteiger partial charge is 0.227 e. The highest BCUT2D eigenvalue weighted by atomic mass is 127. The number of hydrogen-bond acceptors (Lipinski definition) is 2. The van der Waals surface area contributed by atoms with Crippen LogP contribution in [0.15, 0.2) is 29.3 Å². The molecule has 1 amide bonds. The minimum absolute atomic E-state index is 0. The molecule has 1 aliphatic heterocycles. The first-order chi connectivity index (χ1) is 13.2. The number of anilines is 1. The van der Waals surface area contributed by atoms with Gasteiger partial charge in [0.25, 0.3) is 0 Å². The summed E-state index contributed by atoms with van der Waals surface area (Å²) in [6.45, 7) is 5.53. The van der Waals surface area contributed by atoms with Crippen molar-refractivity contribution in [3.05, 3.63) is 29.8 Å². The molecule has 0 spiro atoms. The lowest BCUT2D eigenvalue weighted by Crippen LogP contribution is -2.47. The van der Waals surface area contributed by atoms with E-state index in [1.165, 1.54) is 37.7 Å². The molecule has 0 atom stereocenters. The van der Waals surface area contributed by atoms with E-state index in [-0.39, 0.29) is 29.9 Å². The first-order valence-electron chi connectivity index (χ1n) is 10.6. The molecule has 3 fully saturated rings. The van der Waals surface area contributed by atoms with Crippen LogP contribution in [0.3, 0.4) is 0 Å². The van der Waals surface area contributed by atoms with Crippen molar-refractivity contribution in [3.63, 3.8) is 0 Å². The summed E-state index contributed by atoms with van der Waals surface area (Å²) in [4.78, 5) is 18.5. The van der Waals surface area contributed by atoms with Crippen molar-refractivity contribution in [1.29, 1.82) is 0 Å². The number of guanidine groups is 1. The van der Waals surface area contributed by atoms with Gasteiger partial charge >= 0.3 is 0 Å². The van der Waals surface area contributed by atoms with Crippen LogP contribution in [-0.2, 0) is 11.3 Å². The average molecular weight is 496 g/mol. The minimum atomic E-state index is 0. The van der Waals surface area contributed by atoms with Crippen molar-refractivity contribution < 1.29 is 4.79 Å². The first kappa shape index (κ1) is 21.4. The highest BCUT2D eigenvalue weighted by molar-refractivity contribution is 14.0. The van der Waals surface area contributed by atoms with E-state index < -0.39 is 0 Å². The summed E-state index contributed by atoms with van der Waals surface area (Å²) in [5.74, 6) is 2.10. The SMILES string of the molecule is CCNC(=NCc1ccc(N2CCCC2=O)cc1)NCC1(C2CC2)CCC1.I. The molecule has 0 bridgehead atoms. The Kier molecular flexibility index (Phi) is 7.23. The maximum Gasteiger partial charge on any atom is 0.227 e. The maximum atomic E-state index is 11.9. The Balaban J connectivity index is 0.00000225. The summed E-state index contributed by atoms with van der Waals surface area (Å²) < 4.78 is 0. The second-order valence-corrected chi connectivity index (χ2v) is 8.35. The molecule has 5 nitrogen and oxygen atoms in total. The molecule has 2 aliphatic carbocycles. The number of hydrogen-bond donors (Lipinski definition) is 2. The van der Waals surface area contributed by atoms with Crippen molar-refractivity contribution >= 4 is 41.5 Å². The number of carbonyl (C=O) groups excluding carboxylic acids is 1. The molecule has 1 aromatic carbocycles. The van der Waals surface area contributed by atoms with E-state index >= 15 is 0 Å². The molecule has 0 unspecified atom stereocenters. The van der Waals surface area contributed by atoms with Gasteiger partial charge in [0.05, 0.1) is 6.54 Å². The molecule has 0 aromatic heterocycles. The topological polar surface area (TPSA) is 56.7 Å². The molecule has 4 rings (SSSR count). The van der Waals surface area contributed by atoms with Gasteiger partial charge in [-0.2, -0.15) is 0 Å². The van der Waals surface area contributed by atoms with Gasteiger partial charge in [0.15, 0.2) is 5.96 Å². The Morgan fingerprint density at radius 2 is 1.93 bits per heavy atom. The molecule has 0 radical (unpaired) electrons. The van der Waals surface area contributed by atoms with Crippen LogP contribution in [0.4, 0.5) is 5.69 Å². The normalized spacial score (nSPS) is 21.1. The third-order valence-electron chi connectivity index (χ3n) is 6.49. The molecular weight excluding hydrogens is 463 g/mol. The van der Waals surface area contributed by atoms with E-state index in [9.17, 15) is 4.79 Å². The number of rotatable bonds is 7. The Morgan fingerprint density at radius 1 is 1.18 bits per heavy atom. The highest BCUT2D eigenvalue weighted by Gasteiger charge is 2.48. The average Bonchev–Trinajstić information content (AvgIpc) is 3.40. The van der Waals surface area contributed by atoms with Gasteiger partial charge in [-0.3, -0.25) is 4.79 Å². The predicted molar refractivity (Wildman–Crippen MR) is 125 cm³/mol. The molecule has 1 heterocycles. The van der Waals surface area contributed by atoms with Gasteiger partial charge < -0.3 is 15.5 Å². The van der Waals surface area contributed by atoms with Crippen LogP contribution in [0.25, 0.3) is 0 Å². The largest absolute Gasteiger partial charge is 0.357 e. The number of benzene rings is 1. The highest BCUT2D eigenvalue weighted by Crippen LogP contribution is 2.56. The van der Waals surface area contributed by atoms with Crippen LogP contribution >= 0.6 is 24.0 Å². The predicted octanol–water partition coefficient (Wildman–Crippen LogP) is 4.07. The fourth-order valence-corrected chi connectivity index (χ4v) is 4.53. The van der Waals surface area contributed by atoms with Gasteiger partial charge in [-0.15, -0.1) is 24.0 Å². The molecular formula is C22H33IN4O. The number of carbonyl (C=O) groups is 1. The van der Waals surface area contributed by atoms with E-state index in [1.54, 1.807) is 0 Å². The maximum absolute atomic E-state index is 11.9. The molecule has 154 valence electrons. The molecule has 6 heteroatoms. The minimum Gasteiger partial charge on any atom is -0.357 e. The number of nitrogens with zero attached hydrogens (tertiary/aromatic N) is 2. The zero-order chi connectivity index (χ0) is 18.7. The molecule has 1 saturated heterocycles. The summed E-state index contributed by atoms with van der Waals surface area (Å²) >= 11 is 0. The summed E-state index contributed by atoms with van der Waals surface area (Å²) in [5, 5.41) is 6.98. The number of amides is 1. The van der Waals surface area contributed by atoms with Gasteiger partial charge in [0.1, 0.15) is 0 Å². The zero-order valence-electron chi connectivity index (χ0n) is 16.9. The quantitative estimate of drug-likeness (QED) is 0.340. The van der Waals surface area contributed by atoms with E-state index in [0.29, 0.717) is 18.4 Å². The van der Waals surface area contributed by atoms with Gasteiger partial charge in [-0.1, -0.05) is 18.6 Å². The van der Waals surface area contributed by atoms with Gasteiger partial charge in [-0.25, -0.2) is 4.99 Å². The van der Waals surface area contributed by atoms with Gasteiger partial charge in [-0.05, 0) is 68.1 Å². The van der Waals surface area contributed by atoms with E-state index in [2.05, 4.69) is 29.7 Å². The first-order valence-corrected chi connectivity index (χ1v) is 10.6. The van der Waals surface area contributed by atoms with E-state index in [4.69, 9.17) is 4.99 Å². The van der Waals surface area contributed by atoms with Crippen molar-refractivity contribution in [1.82, 2.24) is 10.6 Å². The second-order valence-electron chi connectivity index (χ2n) is 8.35. The summed E-state index contributed by atoms with van der Waals surface area (Å²) in [6.07, 6.45) is 8.61. The lowest BCUT2D eigenvalue weighted by molar-refractivity contribution is -0.117. The fraction of sp³-hybridized carbons (Fsp3) is 0.636. The van der Waals surface area contributed by atoms with Crippen LogP contribution in [0.2, 0.25) is 0 Å². The Hall–Kier alpha value is -1.31. The van der Waals surface area contributed by atoms with Crippen LogP contribution in [0.1, 0.15) is 57.4 Å². The lowest BCUT2D eigenvalue weighted by atomic mass is 9.65. The summed E-state index contributed by atoms with van der Waals surface area (Å²) in [5.41, 5.74) is 2.72. The third-order valence-corrected chi connectivity index (χ3v) is 6.49. The van der Waals surface area contributed by atoms with Crippen LogP contribution in [0, 0.1) is 11.3 Å². The monoisotopic (exact) mass is 496 g/mol. The Bertz CT molecular complexity index is 695. The zero-order valence-corrected chi connectivity index (χ0v) is 19.2. The lowest BCUT2D eigenvalue weighted by Gasteiger charge is -2.43. The molecule has 3 aliphatic rings. The molecule has 1 aromatic rings. The van der Waals surface area contributed by atoms with Gasteiger partial charge in [0.2, 0.25) is 5.91 Å². The fourth-order valence-electron chi connectivity index (χ4n) is 4.53. The van der Waals surface area contributed by atoms with Crippen molar-refractivity contribution in [3.8, 4) is 0 Å². The Morgan fingerprint density at radius 3 is 2.46 bits per heavy atom. The summed E-state index contributed by atoms with van der Waals surface area (Å²) in [6, 6.07) is 8.27. The molecule has 2 saturated carbocycles. The van der Waals surface area contributed by atoms with Gasteiger partial charge in [0, 0.05) is 31.7 Å². The Labute approximate surface area is 185 Å². The van der Waals surface area contributed by atoms with E-state index in [1.807, 2.05) is 17.0 Å². The number of nitrogens with one attached hydrogen (secondary N) is 2. The molecule has 28 heavy (non-hydrogen) atoms. The molecule has 2 N–H and O–H groups in total. The number of halogens is 1. The van der Waals surface area contributed by atoms with Crippen molar-refractivity contribution in [2.45, 2.75) is 58.4 Å². The number of aliphatic imine (C=N–C) groups is 1. The summed E-state index contributed by atoms with van der Waals surface area (Å²) in [7, 11) is 0. The van der Waals surface area contributed by atoms with Crippen LogP contribution in [-0.4, -0.2) is 31.5 Å².